The van der Waals surface area contributed by atoms with Crippen LogP contribution in [0.3, 0.4) is 0 Å². The zero-order valence-electron chi connectivity index (χ0n) is 16.4. The average molecular weight is 489 g/mol. The van der Waals surface area contributed by atoms with Crippen molar-refractivity contribution in [2.45, 2.75) is 32.4 Å². The number of aliphatic imine (C=N–C) groups is 1. The fourth-order valence-corrected chi connectivity index (χ4v) is 3.02. The second-order valence-corrected chi connectivity index (χ2v) is 6.59. The number of aryl methyl sites for hydroxylation is 1. The molecule has 0 aliphatic heterocycles. The molecule has 1 heterocycles. The molecule has 5 nitrogen and oxygen atoms in total. The van der Waals surface area contributed by atoms with E-state index in [1.165, 1.54) is 11.1 Å². The van der Waals surface area contributed by atoms with E-state index in [1.807, 2.05) is 23.2 Å². The monoisotopic (exact) mass is 489 g/mol. The molecule has 0 fully saturated rings. The topological polar surface area (TPSA) is 54.2 Å². The molecule has 3 aromatic rings. The van der Waals surface area contributed by atoms with Crippen LogP contribution in [-0.2, 0) is 13.0 Å². The van der Waals surface area contributed by atoms with Crippen LogP contribution in [0, 0.1) is 0 Å². The van der Waals surface area contributed by atoms with Crippen LogP contribution in [-0.4, -0.2) is 28.6 Å². The number of benzene rings is 2. The molecule has 0 spiro atoms. The van der Waals surface area contributed by atoms with E-state index in [4.69, 9.17) is 0 Å². The Morgan fingerprint density at radius 1 is 1.11 bits per heavy atom. The fraction of sp³-hybridized carbons (Fsp3) is 0.273. The lowest BCUT2D eigenvalue weighted by molar-refractivity contribution is 0.593. The minimum atomic E-state index is 0. The summed E-state index contributed by atoms with van der Waals surface area (Å²) >= 11 is 0. The van der Waals surface area contributed by atoms with E-state index < -0.39 is 0 Å². The molecule has 3 rings (SSSR count). The summed E-state index contributed by atoms with van der Waals surface area (Å²) in [4.78, 5) is 8.51. The summed E-state index contributed by atoms with van der Waals surface area (Å²) in [6.45, 7) is 2.88. The van der Waals surface area contributed by atoms with Crippen LogP contribution >= 0.6 is 24.0 Å². The van der Waals surface area contributed by atoms with E-state index in [0.717, 1.165) is 24.5 Å². The lowest BCUT2D eigenvalue weighted by Crippen LogP contribution is -2.42. The summed E-state index contributed by atoms with van der Waals surface area (Å²) in [5.74, 6) is 0.816. The van der Waals surface area contributed by atoms with E-state index in [-0.39, 0.29) is 24.0 Å². The molecule has 0 aliphatic carbocycles. The van der Waals surface area contributed by atoms with Crippen LogP contribution in [0.1, 0.15) is 24.5 Å². The van der Waals surface area contributed by atoms with Gasteiger partial charge >= 0.3 is 0 Å². The minimum absolute atomic E-state index is 0. The van der Waals surface area contributed by atoms with Gasteiger partial charge in [0.05, 0.1) is 12.0 Å². The van der Waals surface area contributed by atoms with Gasteiger partial charge in [0.1, 0.15) is 0 Å². The third-order valence-corrected chi connectivity index (χ3v) is 4.54. The van der Waals surface area contributed by atoms with E-state index in [1.54, 1.807) is 13.2 Å². The van der Waals surface area contributed by atoms with Crippen molar-refractivity contribution in [3.05, 3.63) is 84.4 Å². The van der Waals surface area contributed by atoms with Gasteiger partial charge in [0.25, 0.3) is 0 Å². The van der Waals surface area contributed by atoms with Gasteiger partial charge in [-0.3, -0.25) is 4.99 Å². The quantitative estimate of drug-likeness (QED) is 0.298. The Hall–Kier alpha value is -2.35. The number of rotatable bonds is 7. The predicted octanol–water partition coefficient (Wildman–Crippen LogP) is 4.18. The summed E-state index contributed by atoms with van der Waals surface area (Å²) in [6.07, 6.45) is 7.67. The largest absolute Gasteiger partial charge is 0.354 e. The highest BCUT2D eigenvalue weighted by atomic mass is 127. The van der Waals surface area contributed by atoms with Crippen molar-refractivity contribution in [2.24, 2.45) is 4.99 Å². The lowest BCUT2D eigenvalue weighted by atomic mass is 10.1. The zero-order chi connectivity index (χ0) is 18.9. The molecular weight excluding hydrogens is 461 g/mol. The fourth-order valence-electron chi connectivity index (χ4n) is 3.02. The number of hydrogen-bond donors (Lipinski definition) is 2. The first-order chi connectivity index (χ1) is 13.3. The summed E-state index contributed by atoms with van der Waals surface area (Å²) in [5, 5.41) is 6.90. The van der Waals surface area contributed by atoms with Gasteiger partial charge < -0.3 is 15.2 Å². The number of nitrogens with one attached hydrogen (secondary N) is 2. The Balaban J connectivity index is 0.00000280. The van der Waals surface area contributed by atoms with Crippen LogP contribution in [0.2, 0.25) is 0 Å². The molecule has 2 N–H and O–H groups in total. The number of para-hydroxylation sites is 1. The number of guanidine groups is 1. The van der Waals surface area contributed by atoms with Crippen molar-refractivity contribution >= 4 is 29.9 Å². The third-order valence-electron chi connectivity index (χ3n) is 4.54. The van der Waals surface area contributed by atoms with Gasteiger partial charge in [-0.2, -0.15) is 0 Å². The Bertz CT molecular complexity index is 846. The van der Waals surface area contributed by atoms with Crippen LogP contribution in [0.4, 0.5) is 0 Å². The van der Waals surface area contributed by atoms with E-state index in [9.17, 15) is 0 Å². The zero-order valence-corrected chi connectivity index (χ0v) is 18.7. The standard InChI is InChI=1S/C22H27N5.HI/c1-18(12-13-19-8-4-3-5-9-19)26-22(23-2)25-16-20-10-6-7-11-21(20)27-15-14-24-17-27;/h3-11,14-15,17-18H,12-13,16H2,1-2H3,(H2,23,25,26);1H. The van der Waals surface area contributed by atoms with Crippen molar-refractivity contribution in [1.29, 1.82) is 0 Å². The van der Waals surface area contributed by atoms with Crippen molar-refractivity contribution in [1.82, 2.24) is 20.2 Å². The normalized spacial score (nSPS) is 12.1. The van der Waals surface area contributed by atoms with E-state index in [2.05, 4.69) is 76.1 Å². The first-order valence-corrected chi connectivity index (χ1v) is 9.33. The lowest BCUT2D eigenvalue weighted by Gasteiger charge is -2.19. The van der Waals surface area contributed by atoms with Crippen molar-refractivity contribution in [3.63, 3.8) is 0 Å². The Labute approximate surface area is 184 Å². The van der Waals surface area contributed by atoms with Crippen molar-refractivity contribution < 1.29 is 0 Å². The van der Waals surface area contributed by atoms with Gasteiger partial charge in [0, 0.05) is 32.0 Å². The molecule has 148 valence electrons. The molecule has 0 saturated carbocycles. The van der Waals surface area contributed by atoms with Crippen molar-refractivity contribution in [2.75, 3.05) is 7.05 Å². The first kappa shape index (κ1) is 21.9. The Kier molecular flexibility index (Phi) is 9.00. The van der Waals surface area contributed by atoms with Gasteiger partial charge in [0.15, 0.2) is 5.96 Å². The average Bonchev–Trinajstić information content (AvgIpc) is 3.25. The van der Waals surface area contributed by atoms with E-state index in [0.29, 0.717) is 12.6 Å². The van der Waals surface area contributed by atoms with Crippen LogP contribution in [0.5, 0.6) is 0 Å². The summed E-state index contributed by atoms with van der Waals surface area (Å²) in [6, 6.07) is 19.2. The van der Waals surface area contributed by atoms with Gasteiger partial charge in [-0.25, -0.2) is 4.98 Å². The molecule has 0 bridgehead atoms. The highest BCUT2D eigenvalue weighted by molar-refractivity contribution is 14.0. The number of aromatic nitrogens is 2. The van der Waals surface area contributed by atoms with Gasteiger partial charge in [0.2, 0.25) is 0 Å². The van der Waals surface area contributed by atoms with Crippen molar-refractivity contribution in [3.8, 4) is 5.69 Å². The van der Waals surface area contributed by atoms with Crippen LogP contribution in [0.15, 0.2) is 78.3 Å². The van der Waals surface area contributed by atoms with Crippen LogP contribution < -0.4 is 10.6 Å². The maximum atomic E-state index is 4.37. The maximum absolute atomic E-state index is 4.37. The Morgan fingerprint density at radius 2 is 1.86 bits per heavy atom. The third kappa shape index (κ3) is 6.37. The van der Waals surface area contributed by atoms with E-state index >= 15 is 0 Å². The molecule has 6 heteroatoms. The minimum Gasteiger partial charge on any atom is -0.354 e. The smallest absolute Gasteiger partial charge is 0.191 e. The molecule has 1 unspecified atom stereocenters. The van der Waals surface area contributed by atoms with Gasteiger partial charge in [-0.15, -0.1) is 24.0 Å². The first-order valence-electron chi connectivity index (χ1n) is 9.33. The molecule has 0 radical (unpaired) electrons. The summed E-state index contributed by atoms with van der Waals surface area (Å²) in [5.41, 5.74) is 3.67. The van der Waals surface area contributed by atoms with Gasteiger partial charge in [-0.1, -0.05) is 48.5 Å². The Morgan fingerprint density at radius 3 is 2.57 bits per heavy atom. The number of imidazole rings is 1. The SMILES string of the molecule is CN=C(NCc1ccccc1-n1ccnc1)NC(C)CCc1ccccc1.I. The molecular formula is C22H28IN5. The summed E-state index contributed by atoms with van der Waals surface area (Å²) < 4.78 is 2.02. The van der Waals surface area contributed by atoms with Crippen LogP contribution in [0.25, 0.3) is 5.69 Å². The van der Waals surface area contributed by atoms with Gasteiger partial charge in [-0.05, 0) is 37.0 Å². The molecule has 0 amide bonds. The highest BCUT2D eigenvalue weighted by Crippen LogP contribution is 2.13. The highest BCUT2D eigenvalue weighted by Gasteiger charge is 2.08. The molecule has 1 aromatic heterocycles. The number of hydrogen-bond acceptors (Lipinski definition) is 2. The number of halogens is 1. The molecule has 28 heavy (non-hydrogen) atoms. The molecule has 0 aliphatic rings. The second-order valence-electron chi connectivity index (χ2n) is 6.59. The maximum Gasteiger partial charge on any atom is 0.191 e. The number of nitrogens with zero attached hydrogens (tertiary/aromatic N) is 3. The second kappa shape index (κ2) is 11.5. The predicted molar refractivity (Wildman–Crippen MR) is 127 cm³/mol. The summed E-state index contributed by atoms with van der Waals surface area (Å²) in [7, 11) is 1.81. The molecule has 0 saturated heterocycles. The molecule has 2 aromatic carbocycles. The molecule has 1 atom stereocenters.